The van der Waals surface area contributed by atoms with Crippen LogP contribution in [-0.2, 0) is 9.59 Å². The average Bonchev–Trinajstić information content (AvgIpc) is 2.38. The molecule has 1 amide bonds. The molecular weight excluding hydrogens is 300 g/mol. The summed E-state index contributed by atoms with van der Waals surface area (Å²) in [6.07, 6.45) is 0.330. The monoisotopic (exact) mass is 317 g/mol. The van der Waals surface area contributed by atoms with Crippen molar-refractivity contribution in [2.45, 2.75) is 31.2 Å². The van der Waals surface area contributed by atoms with Gasteiger partial charge in [-0.2, -0.15) is 0 Å². The molecule has 0 heterocycles. The second-order valence-electron chi connectivity index (χ2n) is 4.95. The van der Waals surface area contributed by atoms with Crippen LogP contribution in [0.15, 0.2) is 23.1 Å². The van der Waals surface area contributed by atoms with Crippen molar-refractivity contribution < 1.29 is 23.5 Å². The molecule has 1 rings (SSSR count). The minimum absolute atomic E-state index is 0.0626. The predicted octanol–water partition coefficient (Wildman–Crippen LogP) is 2.67. The molecular formula is C14H17F2NO3S. The van der Waals surface area contributed by atoms with Gasteiger partial charge in [-0.05, 0) is 30.5 Å². The SMILES string of the molecule is CC(C)C[C@H](NC(=O)CSc1ccc(F)c(F)c1)C(=O)O. The molecule has 116 valence electrons. The third-order valence-corrected chi connectivity index (χ3v) is 3.60. The summed E-state index contributed by atoms with van der Waals surface area (Å²) in [7, 11) is 0. The Bertz CT molecular complexity index is 523. The zero-order valence-electron chi connectivity index (χ0n) is 11.7. The van der Waals surface area contributed by atoms with Crippen LogP contribution in [0.4, 0.5) is 8.78 Å². The molecule has 1 aromatic carbocycles. The molecule has 0 radical (unpaired) electrons. The normalized spacial score (nSPS) is 12.2. The molecule has 0 saturated carbocycles. The summed E-state index contributed by atoms with van der Waals surface area (Å²) in [5, 5.41) is 11.4. The lowest BCUT2D eigenvalue weighted by atomic mass is 10.0. The molecule has 0 unspecified atom stereocenters. The van der Waals surface area contributed by atoms with Gasteiger partial charge in [0, 0.05) is 4.90 Å². The molecule has 2 N–H and O–H groups in total. The Labute approximate surface area is 125 Å². The van der Waals surface area contributed by atoms with Gasteiger partial charge >= 0.3 is 5.97 Å². The van der Waals surface area contributed by atoms with Crippen LogP contribution in [0, 0.1) is 17.6 Å². The number of halogens is 2. The van der Waals surface area contributed by atoms with Crippen LogP contribution >= 0.6 is 11.8 Å². The zero-order chi connectivity index (χ0) is 16.0. The third kappa shape index (κ3) is 6.12. The topological polar surface area (TPSA) is 66.4 Å². The summed E-state index contributed by atoms with van der Waals surface area (Å²) in [5.74, 6) is -3.42. The highest BCUT2D eigenvalue weighted by Gasteiger charge is 2.21. The molecule has 0 saturated heterocycles. The van der Waals surface area contributed by atoms with Crippen molar-refractivity contribution >= 4 is 23.6 Å². The van der Waals surface area contributed by atoms with E-state index in [4.69, 9.17) is 5.11 Å². The van der Waals surface area contributed by atoms with Crippen LogP contribution < -0.4 is 5.32 Å². The first-order valence-electron chi connectivity index (χ1n) is 6.39. The number of carbonyl (C=O) groups excluding carboxylic acids is 1. The molecule has 21 heavy (non-hydrogen) atoms. The van der Waals surface area contributed by atoms with Crippen molar-refractivity contribution in [1.82, 2.24) is 5.32 Å². The van der Waals surface area contributed by atoms with E-state index in [1.54, 1.807) is 0 Å². The molecule has 0 spiro atoms. The van der Waals surface area contributed by atoms with Gasteiger partial charge in [0.15, 0.2) is 11.6 Å². The summed E-state index contributed by atoms with van der Waals surface area (Å²) in [6.45, 7) is 3.72. The lowest BCUT2D eigenvalue weighted by molar-refractivity contribution is -0.141. The van der Waals surface area contributed by atoms with E-state index in [0.29, 0.717) is 11.3 Å². The predicted molar refractivity (Wildman–Crippen MR) is 76.1 cm³/mol. The van der Waals surface area contributed by atoms with Crippen molar-refractivity contribution in [3.05, 3.63) is 29.8 Å². The van der Waals surface area contributed by atoms with Gasteiger partial charge in [-0.3, -0.25) is 4.79 Å². The number of hydrogen-bond acceptors (Lipinski definition) is 3. The van der Waals surface area contributed by atoms with E-state index in [0.717, 1.165) is 23.9 Å². The Morgan fingerprint density at radius 2 is 1.95 bits per heavy atom. The largest absolute Gasteiger partial charge is 0.480 e. The number of hydrogen-bond donors (Lipinski definition) is 2. The number of rotatable bonds is 7. The summed E-state index contributed by atoms with van der Waals surface area (Å²) < 4.78 is 25.7. The van der Waals surface area contributed by atoms with Crippen LogP contribution in [-0.4, -0.2) is 28.8 Å². The maximum absolute atomic E-state index is 13.0. The Balaban J connectivity index is 2.52. The third-order valence-electron chi connectivity index (χ3n) is 2.60. The summed E-state index contributed by atoms with van der Waals surface area (Å²) in [4.78, 5) is 23.1. The number of nitrogens with one attached hydrogen (secondary N) is 1. The number of amides is 1. The number of carboxylic acid groups (broad SMARTS) is 1. The van der Waals surface area contributed by atoms with Gasteiger partial charge in [0.2, 0.25) is 5.91 Å². The van der Waals surface area contributed by atoms with E-state index >= 15 is 0 Å². The summed E-state index contributed by atoms with van der Waals surface area (Å²) in [5.41, 5.74) is 0. The first-order chi connectivity index (χ1) is 9.79. The van der Waals surface area contributed by atoms with E-state index in [1.165, 1.54) is 6.07 Å². The summed E-state index contributed by atoms with van der Waals surface area (Å²) in [6, 6.07) is 2.40. The highest BCUT2D eigenvalue weighted by atomic mass is 32.2. The van der Waals surface area contributed by atoms with Crippen molar-refractivity contribution in [3.8, 4) is 0 Å². The molecule has 1 atom stereocenters. The molecule has 0 aliphatic heterocycles. The molecule has 0 aliphatic rings. The number of thioether (sulfide) groups is 1. The van der Waals surface area contributed by atoms with Crippen LogP contribution in [0.2, 0.25) is 0 Å². The van der Waals surface area contributed by atoms with Crippen LogP contribution in [0.1, 0.15) is 20.3 Å². The Kier molecular flexibility index (Phi) is 6.61. The molecule has 0 aromatic heterocycles. The molecule has 0 fully saturated rings. The van der Waals surface area contributed by atoms with E-state index < -0.39 is 29.6 Å². The molecule has 4 nitrogen and oxygen atoms in total. The summed E-state index contributed by atoms with van der Waals surface area (Å²) >= 11 is 1.01. The smallest absolute Gasteiger partial charge is 0.326 e. The maximum atomic E-state index is 13.0. The average molecular weight is 317 g/mol. The van der Waals surface area contributed by atoms with Gasteiger partial charge in [-0.1, -0.05) is 13.8 Å². The molecule has 0 bridgehead atoms. The van der Waals surface area contributed by atoms with E-state index in [-0.39, 0.29) is 11.7 Å². The van der Waals surface area contributed by atoms with Crippen LogP contribution in [0.5, 0.6) is 0 Å². The lowest BCUT2D eigenvalue weighted by Crippen LogP contribution is -2.42. The number of carbonyl (C=O) groups is 2. The minimum Gasteiger partial charge on any atom is -0.480 e. The molecule has 0 aliphatic carbocycles. The second-order valence-corrected chi connectivity index (χ2v) is 6.00. The number of benzene rings is 1. The molecule has 7 heteroatoms. The van der Waals surface area contributed by atoms with Gasteiger partial charge in [0.05, 0.1) is 5.75 Å². The minimum atomic E-state index is -1.09. The fourth-order valence-electron chi connectivity index (χ4n) is 1.64. The van der Waals surface area contributed by atoms with Crippen molar-refractivity contribution in [1.29, 1.82) is 0 Å². The quantitative estimate of drug-likeness (QED) is 0.759. The van der Waals surface area contributed by atoms with E-state index in [1.807, 2.05) is 13.8 Å². The number of carboxylic acids is 1. The molecule has 1 aromatic rings. The lowest BCUT2D eigenvalue weighted by Gasteiger charge is -2.16. The fourth-order valence-corrected chi connectivity index (χ4v) is 2.38. The first kappa shape index (κ1) is 17.4. The van der Waals surface area contributed by atoms with Gasteiger partial charge in [0.1, 0.15) is 6.04 Å². The van der Waals surface area contributed by atoms with Crippen molar-refractivity contribution in [2.75, 3.05) is 5.75 Å². The van der Waals surface area contributed by atoms with Crippen molar-refractivity contribution in [3.63, 3.8) is 0 Å². The van der Waals surface area contributed by atoms with Gasteiger partial charge in [0.25, 0.3) is 0 Å². The van der Waals surface area contributed by atoms with Gasteiger partial charge in [-0.25, -0.2) is 13.6 Å². The standard InChI is InChI=1S/C14H17F2NO3S/c1-8(2)5-12(14(19)20)17-13(18)7-21-9-3-4-10(15)11(16)6-9/h3-4,6,8,12H,5,7H2,1-2H3,(H,17,18)(H,19,20)/t12-/m0/s1. The first-order valence-corrected chi connectivity index (χ1v) is 7.38. The Hall–Kier alpha value is -1.63. The van der Waals surface area contributed by atoms with E-state index in [9.17, 15) is 18.4 Å². The Morgan fingerprint density at radius 3 is 2.48 bits per heavy atom. The Morgan fingerprint density at radius 1 is 1.29 bits per heavy atom. The second kappa shape index (κ2) is 7.97. The highest BCUT2D eigenvalue weighted by Crippen LogP contribution is 2.20. The van der Waals surface area contributed by atoms with Crippen molar-refractivity contribution in [2.24, 2.45) is 5.92 Å². The highest BCUT2D eigenvalue weighted by molar-refractivity contribution is 8.00. The van der Waals surface area contributed by atoms with Gasteiger partial charge < -0.3 is 10.4 Å². The fraction of sp³-hybridized carbons (Fsp3) is 0.429. The van der Waals surface area contributed by atoms with Gasteiger partial charge in [-0.15, -0.1) is 11.8 Å². The van der Waals surface area contributed by atoms with Crippen LogP contribution in [0.3, 0.4) is 0 Å². The number of aliphatic carboxylic acids is 1. The van der Waals surface area contributed by atoms with Crippen LogP contribution in [0.25, 0.3) is 0 Å². The zero-order valence-corrected chi connectivity index (χ0v) is 12.5. The maximum Gasteiger partial charge on any atom is 0.326 e. The van der Waals surface area contributed by atoms with E-state index in [2.05, 4.69) is 5.32 Å².